The summed E-state index contributed by atoms with van der Waals surface area (Å²) < 4.78 is 11.4. The van der Waals surface area contributed by atoms with Gasteiger partial charge in [-0.3, -0.25) is 0 Å². The van der Waals surface area contributed by atoms with Gasteiger partial charge < -0.3 is 14.8 Å². The summed E-state index contributed by atoms with van der Waals surface area (Å²) in [4.78, 5) is 0. The van der Waals surface area contributed by atoms with Gasteiger partial charge in [0.05, 0.1) is 12.7 Å². The molecule has 1 rings (SSSR count). The maximum absolute atomic E-state index is 5.87. The molecule has 0 spiro atoms. The quantitative estimate of drug-likeness (QED) is 0.730. The van der Waals surface area contributed by atoms with Crippen LogP contribution in [0.1, 0.15) is 44.9 Å². The van der Waals surface area contributed by atoms with Crippen LogP contribution in [0.25, 0.3) is 0 Å². The van der Waals surface area contributed by atoms with Crippen LogP contribution in [0.5, 0.6) is 5.75 Å². The first-order chi connectivity index (χ1) is 9.04. The molecule has 0 aliphatic rings. The monoisotopic (exact) mass is 265 g/mol. The van der Waals surface area contributed by atoms with Gasteiger partial charge in [-0.25, -0.2) is 0 Å². The molecule has 0 bridgehead atoms. The lowest BCUT2D eigenvalue weighted by atomic mass is 10.0. The highest BCUT2D eigenvalue weighted by atomic mass is 16.5. The number of hydrogen-bond acceptors (Lipinski definition) is 3. The van der Waals surface area contributed by atoms with E-state index in [1.54, 1.807) is 0 Å². The fourth-order valence-electron chi connectivity index (χ4n) is 1.98. The summed E-state index contributed by atoms with van der Waals surface area (Å²) in [6.45, 7) is 12.6. The zero-order valence-electron chi connectivity index (χ0n) is 12.8. The second-order valence-electron chi connectivity index (χ2n) is 5.09. The minimum atomic E-state index is 0.251. The second kappa shape index (κ2) is 8.18. The van der Waals surface area contributed by atoms with E-state index in [0.717, 1.165) is 12.3 Å². The molecule has 0 aliphatic carbocycles. The summed E-state index contributed by atoms with van der Waals surface area (Å²) in [5.74, 6) is 0.959. The van der Waals surface area contributed by atoms with E-state index in [1.165, 1.54) is 11.1 Å². The van der Waals surface area contributed by atoms with Crippen molar-refractivity contribution in [1.29, 1.82) is 0 Å². The molecule has 0 radical (unpaired) electrons. The van der Waals surface area contributed by atoms with Gasteiger partial charge in [-0.05, 0) is 45.9 Å². The number of hydrogen-bond donors (Lipinski definition) is 1. The van der Waals surface area contributed by atoms with E-state index in [2.05, 4.69) is 44.3 Å². The van der Waals surface area contributed by atoms with Crippen LogP contribution in [0.4, 0.5) is 0 Å². The van der Waals surface area contributed by atoms with Crippen molar-refractivity contribution in [3.63, 3.8) is 0 Å². The molecule has 0 fully saturated rings. The lowest BCUT2D eigenvalue weighted by Crippen LogP contribution is -2.19. The lowest BCUT2D eigenvalue weighted by molar-refractivity contribution is 0.0549. The zero-order valence-corrected chi connectivity index (χ0v) is 12.8. The fourth-order valence-corrected chi connectivity index (χ4v) is 1.98. The van der Waals surface area contributed by atoms with E-state index < -0.39 is 0 Å². The highest BCUT2D eigenvalue weighted by molar-refractivity contribution is 5.39. The standard InChI is InChI=1S/C16H27NO2/c1-6-17-14(5)15-8-7-13(4)11-16(15)19-10-9-18-12(2)3/h7-8,11-12,14,17H,6,9-10H2,1-5H3. The summed E-state index contributed by atoms with van der Waals surface area (Å²) in [6.07, 6.45) is 0.251. The molecule has 1 aromatic rings. The van der Waals surface area contributed by atoms with Gasteiger partial charge in [-0.1, -0.05) is 19.1 Å². The smallest absolute Gasteiger partial charge is 0.124 e. The molecule has 3 heteroatoms. The van der Waals surface area contributed by atoms with Crippen molar-refractivity contribution < 1.29 is 9.47 Å². The van der Waals surface area contributed by atoms with Crippen molar-refractivity contribution in [2.75, 3.05) is 19.8 Å². The summed E-state index contributed by atoms with van der Waals surface area (Å²) >= 11 is 0. The Morgan fingerprint density at radius 3 is 2.53 bits per heavy atom. The first kappa shape index (κ1) is 16.0. The molecular weight excluding hydrogens is 238 g/mol. The highest BCUT2D eigenvalue weighted by Crippen LogP contribution is 2.26. The molecule has 1 N–H and O–H groups in total. The van der Waals surface area contributed by atoms with Crippen molar-refractivity contribution in [3.05, 3.63) is 29.3 Å². The van der Waals surface area contributed by atoms with E-state index in [4.69, 9.17) is 9.47 Å². The molecule has 0 aliphatic heterocycles. The lowest BCUT2D eigenvalue weighted by Gasteiger charge is -2.18. The van der Waals surface area contributed by atoms with E-state index in [9.17, 15) is 0 Å². The molecular formula is C16H27NO2. The Balaban J connectivity index is 2.66. The van der Waals surface area contributed by atoms with E-state index >= 15 is 0 Å². The number of benzene rings is 1. The van der Waals surface area contributed by atoms with Crippen LogP contribution in [0.15, 0.2) is 18.2 Å². The zero-order chi connectivity index (χ0) is 14.3. The van der Waals surface area contributed by atoms with Crippen molar-refractivity contribution in [3.8, 4) is 5.75 Å². The molecule has 0 amide bonds. The Labute approximate surface area is 117 Å². The van der Waals surface area contributed by atoms with Crippen LogP contribution in [0.2, 0.25) is 0 Å². The van der Waals surface area contributed by atoms with Crippen LogP contribution in [-0.2, 0) is 4.74 Å². The average Bonchev–Trinajstić information content (AvgIpc) is 2.34. The van der Waals surface area contributed by atoms with Crippen LogP contribution >= 0.6 is 0 Å². The van der Waals surface area contributed by atoms with E-state index in [1.807, 2.05) is 13.8 Å². The molecule has 1 unspecified atom stereocenters. The number of nitrogens with one attached hydrogen (secondary N) is 1. The third-order valence-electron chi connectivity index (χ3n) is 2.94. The number of rotatable bonds is 8. The summed E-state index contributed by atoms with van der Waals surface area (Å²) in [5, 5.41) is 3.42. The minimum Gasteiger partial charge on any atom is -0.491 e. The average molecular weight is 265 g/mol. The maximum Gasteiger partial charge on any atom is 0.124 e. The topological polar surface area (TPSA) is 30.5 Å². The van der Waals surface area contributed by atoms with Crippen LogP contribution in [0, 0.1) is 6.92 Å². The maximum atomic E-state index is 5.87. The molecule has 0 saturated heterocycles. The highest BCUT2D eigenvalue weighted by Gasteiger charge is 2.11. The Hall–Kier alpha value is -1.06. The van der Waals surface area contributed by atoms with Gasteiger partial charge in [0, 0.05) is 11.6 Å². The van der Waals surface area contributed by atoms with Crippen molar-refractivity contribution in [2.24, 2.45) is 0 Å². The van der Waals surface area contributed by atoms with Gasteiger partial charge in [0.1, 0.15) is 12.4 Å². The largest absolute Gasteiger partial charge is 0.491 e. The molecule has 1 aromatic carbocycles. The molecule has 3 nitrogen and oxygen atoms in total. The predicted octanol–water partition coefficient (Wildman–Crippen LogP) is 3.47. The van der Waals surface area contributed by atoms with Crippen LogP contribution in [-0.4, -0.2) is 25.9 Å². The fraction of sp³-hybridized carbons (Fsp3) is 0.625. The SMILES string of the molecule is CCNC(C)c1ccc(C)cc1OCCOC(C)C. The molecule has 0 saturated carbocycles. The van der Waals surface area contributed by atoms with Gasteiger partial charge in [0.15, 0.2) is 0 Å². The molecule has 0 aromatic heterocycles. The van der Waals surface area contributed by atoms with Gasteiger partial charge in [-0.15, -0.1) is 0 Å². The molecule has 108 valence electrons. The van der Waals surface area contributed by atoms with Gasteiger partial charge >= 0.3 is 0 Å². The van der Waals surface area contributed by atoms with Crippen molar-refractivity contribution >= 4 is 0 Å². The van der Waals surface area contributed by atoms with E-state index in [0.29, 0.717) is 19.3 Å². The molecule has 19 heavy (non-hydrogen) atoms. The Bertz CT molecular complexity index is 377. The summed E-state index contributed by atoms with van der Waals surface area (Å²) in [7, 11) is 0. The first-order valence-electron chi connectivity index (χ1n) is 7.13. The summed E-state index contributed by atoms with van der Waals surface area (Å²) in [5.41, 5.74) is 2.42. The number of ether oxygens (including phenoxy) is 2. The Morgan fingerprint density at radius 2 is 1.89 bits per heavy atom. The van der Waals surface area contributed by atoms with Gasteiger partial charge in [0.25, 0.3) is 0 Å². The second-order valence-corrected chi connectivity index (χ2v) is 5.09. The van der Waals surface area contributed by atoms with E-state index in [-0.39, 0.29) is 6.10 Å². The minimum absolute atomic E-state index is 0.251. The predicted molar refractivity (Wildman–Crippen MR) is 79.9 cm³/mol. The molecule has 0 heterocycles. The van der Waals surface area contributed by atoms with Gasteiger partial charge in [-0.2, -0.15) is 0 Å². The normalized spacial score (nSPS) is 12.7. The van der Waals surface area contributed by atoms with Crippen LogP contribution in [0.3, 0.4) is 0 Å². The Kier molecular flexibility index (Phi) is 6.89. The molecule has 1 atom stereocenters. The first-order valence-corrected chi connectivity index (χ1v) is 7.13. The Morgan fingerprint density at radius 1 is 1.16 bits per heavy atom. The van der Waals surface area contributed by atoms with Crippen molar-refractivity contribution in [1.82, 2.24) is 5.32 Å². The number of aryl methyl sites for hydroxylation is 1. The summed E-state index contributed by atoms with van der Waals surface area (Å²) in [6, 6.07) is 6.66. The third-order valence-corrected chi connectivity index (χ3v) is 2.94. The van der Waals surface area contributed by atoms with Gasteiger partial charge in [0.2, 0.25) is 0 Å². The van der Waals surface area contributed by atoms with Crippen LogP contribution < -0.4 is 10.1 Å². The third kappa shape index (κ3) is 5.62. The van der Waals surface area contributed by atoms with Crippen molar-refractivity contribution in [2.45, 2.75) is 46.8 Å².